The number of benzene rings is 2. The highest BCUT2D eigenvalue weighted by atomic mass is 16.5. The summed E-state index contributed by atoms with van der Waals surface area (Å²) in [5.74, 6) is 1.25. The lowest BCUT2D eigenvalue weighted by atomic mass is 10.0. The van der Waals surface area contributed by atoms with Gasteiger partial charge in [0.1, 0.15) is 11.5 Å². The monoisotopic (exact) mass is 362 g/mol. The maximum atomic E-state index is 12.5. The van der Waals surface area contributed by atoms with Gasteiger partial charge in [0.25, 0.3) is 5.91 Å². The molecule has 0 spiro atoms. The minimum atomic E-state index is -0.151. The number of carbonyl (C=O) groups excluding carboxylic acids is 1. The molecule has 5 nitrogen and oxygen atoms in total. The van der Waals surface area contributed by atoms with E-state index in [-0.39, 0.29) is 5.91 Å². The van der Waals surface area contributed by atoms with Crippen LogP contribution in [0.1, 0.15) is 15.9 Å². The summed E-state index contributed by atoms with van der Waals surface area (Å²) in [6.07, 6.45) is 4.05. The van der Waals surface area contributed by atoms with Crippen LogP contribution in [0.4, 0.5) is 0 Å². The van der Waals surface area contributed by atoms with E-state index in [1.165, 1.54) is 5.56 Å². The molecule has 138 valence electrons. The molecular weight excluding hydrogens is 340 g/mol. The molecule has 2 aromatic carbocycles. The fourth-order valence-corrected chi connectivity index (χ4v) is 2.82. The quantitative estimate of drug-likeness (QED) is 0.696. The number of nitrogens with zero attached hydrogens (tertiary/aromatic N) is 1. The maximum absolute atomic E-state index is 12.5. The van der Waals surface area contributed by atoms with Gasteiger partial charge in [-0.2, -0.15) is 0 Å². The predicted octanol–water partition coefficient (Wildman–Crippen LogP) is 3.74. The number of amides is 1. The first-order valence-electron chi connectivity index (χ1n) is 8.71. The first kappa shape index (κ1) is 18.5. The smallest absolute Gasteiger partial charge is 0.252 e. The Morgan fingerprint density at radius 3 is 2.56 bits per heavy atom. The lowest BCUT2D eigenvalue weighted by Crippen LogP contribution is -2.25. The summed E-state index contributed by atoms with van der Waals surface area (Å²) in [5.41, 5.74) is 3.31. The summed E-state index contributed by atoms with van der Waals surface area (Å²) in [4.78, 5) is 16.7. The molecule has 27 heavy (non-hydrogen) atoms. The molecule has 1 aromatic heterocycles. The molecule has 0 aliphatic carbocycles. The van der Waals surface area contributed by atoms with Crippen LogP contribution in [-0.4, -0.2) is 31.7 Å². The summed E-state index contributed by atoms with van der Waals surface area (Å²) in [7, 11) is 3.22. The van der Waals surface area contributed by atoms with Crippen molar-refractivity contribution in [2.45, 2.75) is 6.42 Å². The Morgan fingerprint density at radius 2 is 1.81 bits per heavy atom. The zero-order valence-electron chi connectivity index (χ0n) is 15.4. The SMILES string of the molecule is COc1ccc(OC)c(-c2cncc(C(=O)NCCc3ccccc3)c2)c1. The van der Waals surface area contributed by atoms with Gasteiger partial charge in [0.15, 0.2) is 0 Å². The van der Waals surface area contributed by atoms with Crippen molar-refractivity contribution < 1.29 is 14.3 Å². The van der Waals surface area contributed by atoms with Gasteiger partial charge in [-0.3, -0.25) is 9.78 Å². The van der Waals surface area contributed by atoms with E-state index in [9.17, 15) is 4.79 Å². The summed E-state index contributed by atoms with van der Waals surface area (Å²) in [6, 6.07) is 17.4. The average Bonchev–Trinajstić information content (AvgIpc) is 2.74. The van der Waals surface area contributed by atoms with Crippen molar-refractivity contribution in [3.63, 3.8) is 0 Å². The molecule has 1 N–H and O–H groups in total. The molecule has 0 aliphatic heterocycles. The van der Waals surface area contributed by atoms with E-state index in [0.717, 1.165) is 17.5 Å². The van der Waals surface area contributed by atoms with E-state index >= 15 is 0 Å². The molecule has 5 heteroatoms. The maximum Gasteiger partial charge on any atom is 0.252 e. The van der Waals surface area contributed by atoms with Crippen molar-refractivity contribution in [2.24, 2.45) is 0 Å². The summed E-state index contributed by atoms with van der Waals surface area (Å²) in [6.45, 7) is 0.565. The number of carbonyl (C=O) groups is 1. The second kappa shape index (κ2) is 8.85. The second-order valence-corrected chi connectivity index (χ2v) is 6.02. The highest BCUT2D eigenvalue weighted by Crippen LogP contribution is 2.33. The number of pyridine rings is 1. The van der Waals surface area contributed by atoms with E-state index in [1.807, 2.05) is 54.6 Å². The van der Waals surface area contributed by atoms with Gasteiger partial charge in [-0.05, 0) is 36.2 Å². The molecule has 1 amide bonds. The Morgan fingerprint density at radius 1 is 1.00 bits per heavy atom. The third-order valence-corrected chi connectivity index (χ3v) is 4.26. The van der Waals surface area contributed by atoms with Crippen LogP contribution >= 0.6 is 0 Å². The minimum absolute atomic E-state index is 0.151. The lowest BCUT2D eigenvalue weighted by molar-refractivity contribution is 0.0954. The molecule has 0 unspecified atom stereocenters. The van der Waals surface area contributed by atoms with Crippen molar-refractivity contribution in [3.05, 3.63) is 78.1 Å². The fraction of sp³-hybridized carbons (Fsp3) is 0.182. The van der Waals surface area contributed by atoms with Gasteiger partial charge in [0.05, 0.1) is 19.8 Å². The van der Waals surface area contributed by atoms with E-state index < -0.39 is 0 Å². The Bertz CT molecular complexity index is 910. The second-order valence-electron chi connectivity index (χ2n) is 6.02. The van der Waals surface area contributed by atoms with Gasteiger partial charge in [0, 0.05) is 30.1 Å². The molecule has 3 rings (SSSR count). The molecule has 3 aromatic rings. The Kier molecular flexibility index (Phi) is 6.05. The molecule has 0 aliphatic rings. The summed E-state index contributed by atoms with van der Waals surface area (Å²) in [5, 5.41) is 2.94. The summed E-state index contributed by atoms with van der Waals surface area (Å²) < 4.78 is 10.7. The highest BCUT2D eigenvalue weighted by molar-refractivity contribution is 5.95. The number of rotatable bonds is 7. The normalized spacial score (nSPS) is 10.3. The van der Waals surface area contributed by atoms with Gasteiger partial charge in [-0.25, -0.2) is 0 Å². The van der Waals surface area contributed by atoms with Crippen LogP contribution in [0.5, 0.6) is 11.5 Å². The van der Waals surface area contributed by atoms with Crippen LogP contribution in [-0.2, 0) is 6.42 Å². The first-order chi connectivity index (χ1) is 13.2. The Hall–Kier alpha value is -3.34. The van der Waals surface area contributed by atoms with E-state index in [0.29, 0.717) is 23.6 Å². The average molecular weight is 362 g/mol. The van der Waals surface area contributed by atoms with Crippen molar-refractivity contribution in [2.75, 3.05) is 20.8 Å². The molecule has 0 bridgehead atoms. The number of aromatic nitrogens is 1. The highest BCUT2D eigenvalue weighted by Gasteiger charge is 2.12. The number of nitrogens with one attached hydrogen (secondary N) is 1. The molecule has 0 saturated heterocycles. The van der Waals surface area contributed by atoms with Crippen LogP contribution in [0.2, 0.25) is 0 Å². The van der Waals surface area contributed by atoms with Crippen LogP contribution in [0.15, 0.2) is 67.0 Å². The topological polar surface area (TPSA) is 60.5 Å². The summed E-state index contributed by atoms with van der Waals surface area (Å²) >= 11 is 0. The molecule has 0 atom stereocenters. The first-order valence-corrected chi connectivity index (χ1v) is 8.71. The van der Waals surface area contributed by atoms with Gasteiger partial charge in [-0.15, -0.1) is 0 Å². The predicted molar refractivity (Wildman–Crippen MR) is 105 cm³/mol. The number of hydrogen-bond acceptors (Lipinski definition) is 4. The van der Waals surface area contributed by atoms with E-state index in [4.69, 9.17) is 9.47 Å². The van der Waals surface area contributed by atoms with Crippen LogP contribution in [0, 0.1) is 0 Å². The zero-order valence-corrected chi connectivity index (χ0v) is 15.4. The molecule has 0 radical (unpaired) electrons. The Balaban J connectivity index is 1.74. The zero-order chi connectivity index (χ0) is 19.1. The third-order valence-electron chi connectivity index (χ3n) is 4.26. The van der Waals surface area contributed by atoms with E-state index in [2.05, 4.69) is 10.3 Å². The molecule has 1 heterocycles. The van der Waals surface area contributed by atoms with Crippen molar-refractivity contribution >= 4 is 5.91 Å². The van der Waals surface area contributed by atoms with Gasteiger partial charge < -0.3 is 14.8 Å². The number of methoxy groups -OCH3 is 2. The standard InChI is InChI=1S/C22H22N2O3/c1-26-19-8-9-21(27-2)20(13-19)17-12-18(15-23-14-17)22(25)24-11-10-16-6-4-3-5-7-16/h3-9,12-15H,10-11H2,1-2H3,(H,24,25). The van der Waals surface area contributed by atoms with Crippen molar-refractivity contribution in [1.82, 2.24) is 10.3 Å². The third kappa shape index (κ3) is 4.64. The Labute approximate surface area is 159 Å². The van der Waals surface area contributed by atoms with Gasteiger partial charge in [-0.1, -0.05) is 30.3 Å². The molecular formula is C22H22N2O3. The number of hydrogen-bond donors (Lipinski definition) is 1. The number of ether oxygens (including phenoxy) is 2. The lowest BCUT2D eigenvalue weighted by Gasteiger charge is -2.11. The van der Waals surface area contributed by atoms with Gasteiger partial charge in [0.2, 0.25) is 0 Å². The van der Waals surface area contributed by atoms with Crippen molar-refractivity contribution in [3.8, 4) is 22.6 Å². The minimum Gasteiger partial charge on any atom is -0.497 e. The van der Waals surface area contributed by atoms with Crippen LogP contribution in [0.3, 0.4) is 0 Å². The van der Waals surface area contributed by atoms with Gasteiger partial charge >= 0.3 is 0 Å². The van der Waals surface area contributed by atoms with Crippen LogP contribution in [0.25, 0.3) is 11.1 Å². The largest absolute Gasteiger partial charge is 0.497 e. The molecule has 0 fully saturated rings. The van der Waals surface area contributed by atoms with E-state index in [1.54, 1.807) is 26.6 Å². The molecule has 0 saturated carbocycles. The van der Waals surface area contributed by atoms with Crippen molar-refractivity contribution in [1.29, 1.82) is 0 Å². The van der Waals surface area contributed by atoms with Crippen LogP contribution < -0.4 is 14.8 Å². The fourth-order valence-electron chi connectivity index (χ4n) is 2.82.